The average Bonchev–Trinajstić information content (AvgIpc) is 3.13. The van der Waals surface area contributed by atoms with Crippen LogP contribution in [0.3, 0.4) is 0 Å². The van der Waals surface area contributed by atoms with E-state index in [0.717, 1.165) is 42.7 Å². The van der Waals surface area contributed by atoms with E-state index in [4.69, 9.17) is 4.74 Å². The van der Waals surface area contributed by atoms with Gasteiger partial charge in [0.25, 0.3) is 0 Å². The van der Waals surface area contributed by atoms with Crippen molar-refractivity contribution in [3.63, 3.8) is 0 Å². The van der Waals surface area contributed by atoms with E-state index in [-0.39, 0.29) is 23.1 Å². The lowest BCUT2D eigenvalue weighted by molar-refractivity contribution is -0.115. The Hall–Kier alpha value is -2.38. The molecule has 7 heteroatoms. The molecule has 0 aromatic heterocycles. The second-order valence-corrected chi connectivity index (χ2v) is 9.42. The molecule has 4 rings (SSSR count). The van der Waals surface area contributed by atoms with E-state index in [1.165, 1.54) is 23.9 Å². The second-order valence-electron chi connectivity index (χ2n) is 8.35. The number of likely N-dealkylation sites (tertiary alicyclic amines) is 1. The first kappa shape index (κ1) is 21.8. The fourth-order valence-corrected chi connectivity index (χ4v) is 5.47. The molecule has 2 fully saturated rings. The van der Waals surface area contributed by atoms with E-state index < -0.39 is 0 Å². The Morgan fingerprint density at radius 1 is 1.23 bits per heavy atom. The molecule has 2 saturated heterocycles. The van der Waals surface area contributed by atoms with Crippen LogP contribution in [-0.2, 0) is 9.53 Å². The molecule has 2 heterocycles. The van der Waals surface area contributed by atoms with Gasteiger partial charge in [-0.15, -0.1) is 11.8 Å². The average molecular weight is 443 g/mol. The maximum Gasteiger partial charge on any atom is 0.338 e. The monoisotopic (exact) mass is 442 g/mol. The highest BCUT2D eigenvalue weighted by atomic mass is 32.2. The first-order valence-electron chi connectivity index (χ1n) is 10.6. The maximum absolute atomic E-state index is 13.3. The number of carbonyl (C=O) groups is 2. The number of esters is 1. The first-order valence-corrected chi connectivity index (χ1v) is 11.6. The molecule has 2 aliphatic heterocycles. The highest BCUT2D eigenvalue weighted by Crippen LogP contribution is 2.42. The molecule has 2 unspecified atom stereocenters. The second kappa shape index (κ2) is 9.40. The predicted octanol–water partition coefficient (Wildman–Crippen LogP) is 4.41. The molecule has 0 radical (unpaired) electrons. The molecule has 0 N–H and O–H groups in total. The van der Waals surface area contributed by atoms with Crippen LogP contribution in [0.2, 0.25) is 0 Å². The summed E-state index contributed by atoms with van der Waals surface area (Å²) in [6.07, 6.45) is 2.21. The van der Waals surface area contributed by atoms with Crippen molar-refractivity contribution in [3.8, 4) is 0 Å². The summed E-state index contributed by atoms with van der Waals surface area (Å²) in [5.74, 6) is 0.0998. The molecular formula is C24H27FN2O3S. The van der Waals surface area contributed by atoms with Crippen LogP contribution in [0.1, 0.15) is 39.7 Å². The minimum Gasteiger partial charge on any atom is -0.462 e. The zero-order valence-electron chi connectivity index (χ0n) is 17.8. The van der Waals surface area contributed by atoms with Gasteiger partial charge in [-0.3, -0.25) is 9.69 Å². The van der Waals surface area contributed by atoms with Crippen molar-refractivity contribution >= 4 is 29.3 Å². The molecule has 0 saturated carbocycles. The molecular weight excluding hydrogens is 415 g/mol. The van der Waals surface area contributed by atoms with Gasteiger partial charge >= 0.3 is 5.97 Å². The summed E-state index contributed by atoms with van der Waals surface area (Å²) in [5.41, 5.74) is 2.95. The zero-order chi connectivity index (χ0) is 22.0. The number of aryl methyl sites for hydroxylation is 1. The number of piperidine rings is 1. The summed E-state index contributed by atoms with van der Waals surface area (Å²) in [5, 5.41) is -0.215. The summed E-state index contributed by atoms with van der Waals surface area (Å²) in [6.45, 7) is 4.36. The lowest BCUT2D eigenvalue weighted by Crippen LogP contribution is -2.34. The maximum atomic E-state index is 13.3. The Kier molecular flexibility index (Phi) is 6.62. The van der Waals surface area contributed by atoms with Gasteiger partial charge < -0.3 is 9.64 Å². The van der Waals surface area contributed by atoms with E-state index in [9.17, 15) is 14.0 Å². The van der Waals surface area contributed by atoms with Crippen molar-refractivity contribution in [2.75, 3.05) is 37.4 Å². The molecule has 2 atom stereocenters. The van der Waals surface area contributed by atoms with Gasteiger partial charge in [-0.2, -0.15) is 0 Å². The van der Waals surface area contributed by atoms with Gasteiger partial charge in [-0.1, -0.05) is 12.1 Å². The third kappa shape index (κ3) is 4.93. The third-order valence-electron chi connectivity index (χ3n) is 5.89. The number of carbonyl (C=O) groups excluding carboxylic acids is 2. The van der Waals surface area contributed by atoms with Gasteiger partial charge in [-0.25, -0.2) is 9.18 Å². The van der Waals surface area contributed by atoms with Gasteiger partial charge in [0.1, 0.15) is 11.2 Å². The molecule has 5 nitrogen and oxygen atoms in total. The summed E-state index contributed by atoms with van der Waals surface area (Å²) >= 11 is 1.51. The number of rotatable bonds is 5. The molecule has 2 aliphatic rings. The number of hydrogen-bond donors (Lipinski definition) is 0. The number of ether oxygens (including phenoxy) is 1. The van der Waals surface area contributed by atoms with E-state index in [1.807, 2.05) is 6.92 Å². The van der Waals surface area contributed by atoms with Crippen LogP contribution in [0.4, 0.5) is 10.1 Å². The van der Waals surface area contributed by atoms with Gasteiger partial charge in [0.15, 0.2) is 0 Å². The third-order valence-corrected chi connectivity index (χ3v) is 7.10. The number of nitrogens with zero attached hydrogens (tertiary/aromatic N) is 2. The quantitative estimate of drug-likeness (QED) is 0.642. The van der Waals surface area contributed by atoms with Gasteiger partial charge in [0.05, 0.1) is 17.9 Å². The topological polar surface area (TPSA) is 49.9 Å². The smallest absolute Gasteiger partial charge is 0.338 e. The number of amides is 1. The van der Waals surface area contributed by atoms with Gasteiger partial charge in [0, 0.05) is 18.2 Å². The van der Waals surface area contributed by atoms with E-state index in [1.54, 1.807) is 35.2 Å². The fraction of sp³-hybridized carbons (Fsp3) is 0.417. The minimum absolute atomic E-state index is 0.000769. The predicted molar refractivity (Wildman–Crippen MR) is 121 cm³/mol. The van der Waals surface area contributed by atoms with Crippen molar-refractivity contribution in [1.29, 1.82) is 0 Å². The molecule has 0 aliphatic carbocycles. The molecule has 31 heavy (non-hydrogen) atoms. The van der Waals surface area contributed by atoms with Crippen molar-refractivity contribution in [2.24, 2.45) is 5.92 Å². The first-order chi connectivity index (χ1) is 14.9. The standard InChI is InChI=1S/C24H27FN2O3S/c1-16-12-19(24(29)30-14-17-4-3-11-26(2)13-17)7-10-21(16)27-22(28)15-31-23(27)18-5-8-20(25)9-6-18/h5-10,12,17,23H,3-4,11,13-15H2,1-2H3. The normalized spacial score (nSPS) is 22.0. The van der Waals surface area contributed by atoms with Crippen LogP contribution in [0.5, 0.6) is 0 Å². The van der Waals surface area contributed by atoms with Crippen LogP contribution < -0.4 is 4.90 Å². The van der Waals surface area contributed by atoms with Crippen LogP contribution in [0.15, 0.2) is 42.5 Å². The number of benzene rings is 2. The Balaban J connectivity index is 1.47. The number of halogens is 1. The summed E-state index contributed by atoms with van der Waals surface area (Å²) in [7, 11) is 2.09. The minimum atomic E-state index is -0.333. The van der Waals surface area contributed by atoms with Crippen molar-refractivity contribution < 1.29 is 18.7 Å². The highest BCUT2D eigenvalue weighted by Gasteiger charge is 2.35. The summed E-state index contributed by atoms with van der Waals surface area (Å²) in [4.78, 5) is 29.2. The van der Waals surface area contributed by atoms with Crippen LogP contribution in [0.25, 0.3) is 0 Å². The zero-order valence-corrected chi connectivity index (χ0v) is 18.7. The Morgan fingerprint density at radius 2 is 2.00 bits per heavy atom. The highest BCUT2D eigenvalue weighted by molar-refractivity contribution is 8.00. The van der Waals surface area contributed by atoms with Crippen LogP contribution in [-0.4, -0.2) is 49.3 Å². The molecule has 0 bridgehead atoms. The van der Waals surface area contributed by atoms with Gasteiger partial charge in [-0.05, 0) is 74.8 Å². The SMILES string of the molecule is Cc1cc(C(=O)OCC2CCCN(C)C2)ccc1N1C(=O)CSC1c1ccc(F)cc1. The molecule has 2 aromatic rings. The summed E-state index contributed by atoms with van der Waals surface area (Å²) in [6, 6.07) is 11.5. The lowest BCUT2D eigenvalue weighted by atomic mass is 9.99. The molecule has 0 spiro atoms. The van der Waals surface area contributed by atoms with Crippen LogP contribution >= 0.6 is 11.8 Å². The summed E-state index contributed by atoms with van der Waals surface area (Å²) < 4.78 is 18.9. The number of thioether (sulfide) groups is 1. The number of anilines is 1. The van der Waals surface area contributed by atoms with Crippen molar-refractivity contribution in [2.45, 2.75) is 25.1 Å². The number of hydrogen-bond acceptors (Lipinski definition) is 5. The van der Waals surface area contributed by atoms with Gasteiger partial charge in [0.2, 0.25) is 5.91 Å². The van der Waals surface area contributed by atoms with E-state index in [0.29, 0.717) is 23.8 Å². The fourth-order valence-electron chi connectivity index (χ4n) is 4.30. The van der Waals surface area contributed by atoms with Crippen LogP contribution in [0, 0.1) is 18.7 Å². The largest absolute Gasteiger partial charge is 0.462 e. The molecule has 164 valence electrons. The van der Waals surface area contributed by atoms with Crippen molar-refractivity contribution in [1.82, 2.24) is 4.90 Å². The Morgan fingerprint density at radius 3 is 2.71 bits per heavy atom. The van der Waals surface area contributed by atoms with E-state index >= 15 is 0 Å². The van der Waals surface area contributed by atoms with E-state index in [2.05, 4.69) is 11.9 Å². The molecule has 1 amide bonds. The molecule has 2 aromatic carbocycles. The van der Waals surface area contributed by atoms with Crippen molar-refractivity contribution in [3.05, 3.63) is 65.0 Å². The lowest BCUT2D eigenvalue weighted by Gasteiger charge is -2.29. The Bertz CT molecular complexity index is 966. The Labute approximate surface area is 186 Å².